The van der Waals surface area contributed by atoms with Crippen LogP contribution >= 0.6 is 11.3 Å². The number of aryl methyl sites for hydroxylation is 1. The highest BCUT2D eigenvalue weighted by molar-refractivity contribution is 7.16. The maximum Gasteiger partial charge on any atom is 0.338 e. The van der Waals surface area contributed by atoms with Gasteiger partial charge in [0, 0.05) is 12.0 Å². The minimum absolute atomic E-state index is 0.00471. The molecule has 0 fully saturated rings. The Morgan fingerprint density at radius 1 is 1.09 bits per heavy atom. The molecule has 0 aliphatic heterocycles. The number of nitrogens with zero attached hydrogens (tertiary/aromatic N) is 1. The molecule has 0 saturated heterocycles. The Labute approximate surface area is 204 Å². The number of thiophene rings is 1. The molecular weight excluding hydrogens is 471 g/mol. The molecule has 0 radical (unpaired) electrons. The summed E-state index contributed by atoms with van der Waals surface area (Å²) in [5.74, 6) is -1.05. The fraction of sp³-hybridized carbons (Fsp3) is 0.231. The number of ether oxygens (including phenoxy) is 2. The molecule has 2 heterocycles. The van der Waals surface area contributed by atoms with Crippen LogP contribution in [0.15, 0.2) is 58.7 Å². The zero-order chi connectivity index (χ0) is 24.8. The number of nitrogens with one attached hydrogen (secondary N) is 1. The number of benzene rings is 2. The van der Waals surface area contributed by atoms with E-state index in [1.807, 2.05) is 0 Å². The van der Waals surface area contributed by atoms with Crippen molar-refractivity contribution in [1.82, 2.24) is 9.97 Å². The van der Waals surface area contributed by atoms with Crippen LogP contribution in [0.1, 0.15) is 51.0 Å². The maximum absolute atomic E-state index is 13.3. The quantitative estimate of drug-likeness (QED) is 0.250. The Morgan fingerprint density at radius 3 is 2.63 bits per heavy atom. The van der Waals surface area contributed by atoms with E-state index in [9.17, 15) is 18.8 Å². The van der Waals surface area contributed by atoms with Crippen LogP contribution in [0.5, 0.6) is 0 Å². The number of ketones is 1. The zero-order valence-electron chi connectivity index (χ0n) is 19.0. The van der Waals surface area contributed by atoms with Crippen LogP contribution in [0.25, 0.3) is 10.2 Å². The standard InChI is InChI=1S/C26H23FN2O5S/c1-2-34-26(32)18-9-6-17(7-10-18)13-33-14-19-15-35-25-22(19)24(31)28-23(29-25)21(30)11-8-16-4-3-5-20(27)12-16/h3-7,9-10,12,15H,2,8,11,13-14H2,1H3,(H,28,29,31). The number of Topliss-reactive ketones (excluding diaryl/α,β-unsaturated/α-hetero) is 1. The van der Waals surface area contributed by atoms with Crippen molar-refractivity contribution in [3.8, 4) is 0 Å². The Balaban J connectivity index is 1.38. The van der Waals surface area contributed by atoms with Crippen molar-refractivity contribution in [2.24, 2.45) is 0 Å². The third kappa shape index (κ3) is 6.06. The van der Waals surface area contributed by atoms with E-state index in [-0.39, 0.29) is 36.4 Å². The Kier molecular flexibility index (Phi) is 7.79. The fourth-order valence-corrected chi connectivity index (χ4v) is 4.47. The molecule has 180 valence electrons. The monoisotopic (exact) mass is 494 g/mol. The minimum atomic E-state index is -0.400. The van der Waals surface area contributed by atoms with Gasteiger partial charge in [-0.2, -0.15) is 0 Å². The second-order valence-electron chi connectivity index (χ2n) is 7.82. The van der Waals surface area contributed by atoms with Crippen molar-refractivity contribution >= 4 is 33.3 Å². The number of esters is 1. The van der Waals surface area contributed by atoms with Crippen LogP contribution in [-0.4, -0.2) is 28.3 Å². The third-order valence-electron chi connectivity index (χ3n) is 5.31. The van der Waals surface area contributed by atoms with Crippen molar-refractivity contribution in [2.75, 3.05) is 6.61 Å². The van der Waals surface area contributed by atoms with E-state index >= 15 is 0 Å². The van der Waals surface area contributed by atoms with Crippen molar-refractivity contribution in [3.05, 3.63) is 98.2 Å². The molecule has 7 nitrogen and oxygen atoms in total. The van der Waals surface area contributed by atoms with Gasteiger partial charge < -0.3 is 14.5 Å². The van der Waals surface area contributed by atoms with Gasteiger partial charge in [-0.05, 0) is 54.1 Å². The predicted molar refractivity (Wildman–Crippen MR) is 130 cm³/mol. The van der Waals surface area contributed by atoms with Crippen LogP contribution in [0.4, 0.5) is 4.39 Å². The van der Waals surface area contributed by atoms with Gasteiger partial charge in [-0.3, -0.25) is 9.59 Å². The lowest BCUT2D eigenvalue weighted by atomic mass is 10.1. The largest absolute Gasteiger partial charge is 0.462 e. The summed E-state index contributed by atoms with van der Waals surface area (Å²) in [6.45, 7) is 2.55. The van der Waals surface area contributed by atoms with Gasteiger partial charge in [0.05, 0.1) is 30.8 Å². The molecule has 4 rings (SSSR count). The lowest BCUT2D eigenvalue weighted by molar-refractivity contribution is 0.0526. The second kappa shape index (κ2) is 11.2. The number of rotatable bonds is 10. The summed E-state index contributed by atoms with van der Waals surface area (Å²) in [5, 5.41) is 2.19. The van der Waals surface area contributed by atoms with Crippen LogP contribution in [0.2, 0.25) is 0 Å². The molecule has 2 aromatic heterocycles. The molecule has 4 aromatic rings. The van der Waals surface area contributed by atoms with Crippen molar-refractivity contribution in [2.45, 2.75) is 33.0 Å². The number of carbonyl (C=O) groups is 2. The second-order valence-corrected chi connectivity index (χ2v) is 8.68. The van der Waals surface area contributed by atoms with E-state index in [4.69, 9.17) is 9.47 Å². The van der Waals surface area contributed by atoms with E-state index in [2.05, 4.69) is 9.97 Å². The number of fused-ring (bicyclic) bond motifs is 1. The summed E-state index contributed by atoms with van der Waals surface area (Å²) in [7, 11) is 0. The Hall–Kier alpha value is -3.69. The van der Waals surface area contributed by atoms with E-state index < -0.39 is 5.56 Å². The molecule has 0 unspecified atom stereocenters. The number of halogens is 1. The van der Waals surface area contributed by atoms with Gasteiger partial charge in [-0.15, -0.1) is 11.3 Å². The average Bonchev–Trinajstić information content (AvgIpc) is 3.26. The smallest absolute Gasteiger partial charge is 0.338 e. The van der Waals surface area contributed by atoms with Gasteiger partial charge in [0.15, 0.2) is 11.6 Å². The molecule has 0 atom stereocenters. The number of hydrogen-bond donors (Lipinski definition) is 1. The van der Waals surface area contributed by atoms with Crippen molar-refractivity contribution in [3.63, 3.8) is 0 Å². The highest BCUT2D eigenvalue weighted by Crippen LogP contribution is 2.22. The first-order chi connectivity index (χ1) is 16.9. The topological polar surface area (TPSA) is 98.3 Å². The normalized spacial score (nSPS) is 11.0. The van der Waals surface area contributed by atoms with E-state index in [1.165, 1.54) is 23.5 Å². The molecule has 2 aromatic carbocycles. The SMILES string of the molecule is CCOC(=O)c1ccc(COCc2csc3nc(C(=O)CCc4cccc(F)c4)[nH]c(=O)c23)cc1. The summed E-state index contributed by atoms with van der Waals surface area (Å²) in [5.41, 5.74) is 2.32. The van der Waals surface area contributed by atoms with Gasteiger partial charge in [-0.1, -0.05) is 24.3 Å². The highest BCUT2D eigenvalue weighted by Gasteiger charge is 2.16. The van der Waals surface area contributed by atoms with Gasteiger partial charge in [-0.25, -0.2) is 14.2 Å². The Bertz CT molecular complexity index is 1410. The molecule has 0 spiro atoms. The fourth-order valence-electron chi connectivity index (χ4n) is 3.54. The van der Waals surface area contributed by atoms with Crippen molar-refractivity contribution in [1.29, 1.82) is 0 Å². The number of hydrogen-bond acceptors (Lipinski definition) is 7. The number of aromatic amines is 1. The summed E-state index contributed by atoms with van der Waals surface area (Å²) in [6, 6.07) is 13.0. The number of carbonyl (C=O) groups excluding carboxylic acids is 2. The molecule has 35 heavy (non-hydrogen) atoms. The van der Waals surface area contributed by atoms with Gasteiger partial charge in [0.1, 0.15) is 10.6 Å². The first-order valence-electron chi connectivity index (χ1n) is 11.1. The van der Waals surface area contributed by atoms with Gasteiger partial charge >= 0.3 is 5.97 Å². The first-order valence-corrected chi connectivity index (χ1v) is 11.9. The summed E-state index contributed by atoms with van der Waals surface area (Å²) >= 11 is 1.27. The summed E-state index contributed by atoms with van der Waals surface area (Å²) in [6.07, 6.45) is 0.455. The lowest BCUT2D eigenvalue weighted by Gasteiger charge is -2.06. The van der Waals surface area contributed by atoms with Crippen LogP contribution in [0, 0.1) is 5.82 Å². The molecule has 0 aliphatic carbocycles. The van der Waals surface area contributed by atoms with Gasteiger partial charge in [0.2, 0.25) is 0 Å². The van der Waals surface area contributed by atoms with Crippen molar-refractivity contribution < 1.29 is 23.5 Å². The van der Waals surface area contributed by atoms with Gasteiger partial charge in [0.25, 0.3) is 5.56 Å². The van der Waals surface area contributed by atoms with E-state index in [0.29, 0.717) is 46.5 Å². The predicted octanol–water partition coefficient (Wildman–Crippen LogP) is 4.83. The number of aromatic nitrogens is 2. The molecule has 9 heteroatoms. The lowest BCUT2D eigenvalue weighted by Crippen LogP contribution is -2.16. The molecule has 0 amide bonds. The highest BCUT2D eigenvalue weighted by atomic mass is 32.1. The van der Waals surface area contributed by atoms with E-state index in [0.717, 1.165) is 5.56 Å². The zero-order valence-corrected chi connectivity index (χ0v) is 19.8. The summed E-state index contributed by atoms with van der Waals surface area (Å²) in [4.78, 5) is 44.4. The van der Waals surface area contributed by atoms with Crippen LogP contribution < -0.4 is 5.56 Å². The molecule has 0 saturated carbocycles. The summed E-state index contributed by atoms with van der Waals surface area (Å²) < 4.78 is 24.1. The Morgan fingerprint density at radius 2 is 1.89 bits per heavy atom. The molecular formula is C26H23FN2O5S. The first kappa shape index (κ1) is 24.4. The van der Waals surface area contributed by atoms with Crippen LogP contribution in [-0.2, 0) is 29.1 Å². The third-order valence-corrected chi connectivity index (χ3v) is 6.23. The van der Waals surface area contributed by atoms with Crippen LogP contribution in [0.3, 0.4) is 0 Å². The molecule has 0 aliphatic rings. The minimum Gasteiger partial charge on any atom is -0.462 e. The number of H-pyrrole nitrogens is 1. The molecule has 0 bridgehead atoms. The molecule has 1 N–H and O–H groups in total. The average molecular weight is 495 g/mol. The maximum atomic E-state index is 13.3. The van der Waals surface area contributed by atoms with E-state index in [1.54, 1.807) is 48.7 Å².